The van der Waals surface area contributed by atoms with Crippen LogP contribution in [-0.2, 0) is 6.54 Å². The van der Waals surface area contributed by atoms with Crippen LogP contribution < -0.4 is 0 Å². The number of H-pyrrole nitrogens is 1. The van der Waals surface area contributed by atoms with Gasteiger partial charge in [0, 0.05) is 48.9 Å². The lowest BCUT2D eigenvalue weighted by molar-refractivity contribution is -0.186. The molecule has 0 amide bonds. The molecular weight excluding hydrogens is 472 g/mol. The number of nitrogens with zero attached hydrogens (tertiary/aromatic N) is 1. The first kappa shape index (κ1) is 23.5. The smallest absolute Gasteiger partial charge is 0.335 e. The van der Waals surface area contributed by atoms with Gasteiger partial charge in [0.15, 0.2) is 0 Å². The van der Waals surface area contributed by atoms with Crippen molar-refractivity contribution in [3.63, 3.8) is 0 Å². The molecule has 0 radical (unpaired) electrons. The second-order valence-electron chi connectivity index (χ2n) is 11.1. The highest BCUT2D eigenvalue weighted by atomic mass is 19.3. The Kier molecular flexibility index (Phi) is 5.11. The van der Waals surface area contributed by atoms with Crippen LogP contribution >= 0.6 is 0 Å². The number of carbonyl (C=O) groups is 1. The van der Waals surface area contributed by atoms with Crippen LogP contribution in [0.3, 0.4) is 0 Å². The van der Waals surface area contributed by atoms with Gasteiger partial charge in [-0.3, -0.25) is 4.90 Å². The predicted molar refractivity (Wildman–Crippen MR) is 128 cm³/mol. The molecule has 2 saturated carbocycles. The highest BCUT2D eigenvalue weighted by molar-refractivity contribution is 5.88. The van der Waals surface area contributed by atoms with Crippen LogP contribution in [0.25, 0.3) is 10.9 Å². The van der Waals surface area contributed by atoms with E-state index in [1.54, 1.807) is 24.3 Å². The molecule has 1 aromatic heterocycles. The summed E-state index contributed by atoms with van der Waals surface area (Å²) in [6, 6.07) is 10.2. The number of hydrogen-bond acceptors (Lipinski definition) is 2. The van der Waals surface area contributed by atoms with Gasteiger partial charge in [0.25, 0.3) is 5.92 Å². The van der Waals surface area contributed by atoms with Crippen molar-refractivity contribution >= 4 is 16.9 Å². The molecule has 1 aliphatic heterocycles. The van der Waals surface area contributed by atoms with Crippen molar-refractivity contribution in [2.75, 3.05) is 6.54 Å². The number of nitrogens with one attached hydrogen (secondary N) is 1. The largest absolute Gasteiger partial charge is 0.478 e. The molecular formula is C28H28F4N2O2. The lowest BCUT2D eigenvalue weighted by Crippen LogP contribution is -2.53. The molecule has 2 atom stereocenters. The number of likely N-dealkylation sites (tertiary alicyclic amines) is 1. The monoisotopic (exact) mass is 500 g/mol. The van der Waals surface area contributed by atoms with Gasteiger partial charge < -0.3 is 10.1 Å². The van der Waals surface area contributed by atoms with E-state index in [-0.39, 0.29) is 30.9 Å². The molecule has 2 aliphatic carbocycles. The SMILES string of the molecule is Cc1cc(C2CC2(F)F)c(CN2CCC3(C[C@H]2c2ccc(C(=O)O)cc2)CC(F)(F)C3)c2cc[nH]c12. The number of benzene rings is 2. The van der Waals surface area contributed by atoms with Gasteiger partial charge in [0.2, 0.25) is 5.92 Å². The maximum Gasteiger partial charge on any atom is 0.335 e. The maximum absolute atomic E-state index is 14.2. The van der Waals surface area contributed by atoms with Crippen molar-refractivity contribution in [2.45, 2.75) is 69.4 Å². The lowest BCUT2D eigenvalue weighted by atomic mass is 9.59. The van der Waals surface area contributed by atoms with Crippen molar-refractivity contribution < 1.29 is 27.5 Å². The number of halogens is 4. The summed E-state index contributed by atoms with van der Waals surface area (Å²) in [7, 11) is 0. The minimum atomic E-state index is -2.71. The fraction of sp³-hybridized carbons (Fsp3) is 0.464. The molecule has 3 aromatic rings. The highest BCUT2D eigenvalue weighted by Gasteiger charge is 2.60. The number of aromatic amines is 1. The van der Waals surface area contributed by atoms with E-state index >= 15 is 0 Å². The molecule has 1 spiro atoms. The predicted octanol–water partition coefficient (Wildman–Crippen LogP) is 7.05. The van der Waals surface area contributed by atoms with Gasteiger partial charge in [-0.25, -0.2) is 22.4 Å². The second kappa shape index (κ2) is 7.81. The summed E-state index contributed by atoms with van der Waals surface area (Å²) in [5.74, 6) is -7.18. The number of carboxylic acid groups (broad SMARTS) is 1. The van der Waals surface area contributed by atoms with E-state index in [9.17, 15) is 27.5 Å². The first-order valence-corrected chi connectivity index (χ1v) is 12.4. The first-order chi connectivity index (χ1) is 17.0. The highest BCUT2D eigenvalue weighted by Crippen LogP contribution is 2.61. The third-order valence-corrected chi connectivity index (χ3v) is 8.56. The third kappa shape index (κ3) is 3.90. The third-order valence-electron chi connectivity index (χ3n) is 8.56. The van der Waals surface area contributed by atoms with Gasteiger partial charge >= 0.3 is 5.97 Å². The van der Waals surface area contributed by atoms with E-state index in [1.165, 1.54) is 0 Å². The fourth-order valence-corrected chi connectivity index (χ4v) is 6.65. The number of aromatic nitrogens is 1. The number of alkyl halides is 4. The van der Waals surface area contributed by atoms with E-state index in [0.29, 0.717) is 31.5 Å². The van der Waals surface area contributed by atoms with Gasteiger partial charge in [0.05, 0.1) is 11.5 Å². The van der Waals surface area contributed by atoms with Crippen LogP contribution in [-0.4, -0.2) is 39.3 Å². The zero-order chi connectivity index (χ0) is 25.5. The zero-order valence-corrected chi connectivity index (χ0v) is 20.0. The van der Waals surface area contributed by atoms with E-state index in [1.807, 2.05) is 25.3 Å². The Morgan fingerprint density at radius 3 is 2.42 bits per heavy atom. The van der Waals surface area contributed by atoms with Gasteiger partial charge in [-0.2, -0.15) is 0 Å². The molecule has 190 valence electrons. The molecule has 3 fully saturated rings. The average Bonchev–Trinajstić information content (AvgIpc) is 3.18. The molecule has 2 heterocycles. The van der Waals surface area contributed by atoms with Crippen LogP contribution in [0.4, 0.5) is 17.6 Å². The number of hydrogen-bond donors (Lipinski definition) is 2. The molecule has 36 heavy (non-hydrogen) atoms. The molecule has 0 bridgehead atoms. The van der Waals surface area contributed by atoms with Crippen molar-refractivity contribution in [1.82, 2.24) is 9.88 Å². The maximum atomic E-state index is 14.2. The molecule has 4 nitrogen and oxygen atoms in total. The minimum absolute atomic E-state index is 0.135. The van der Waals surface area contributed by atoms with E-state index in [4.69, 9.17) is 0 Å². The first-order valence-electron chi connectivity index (χ1n) is 12.4. The molecule has 2 aromatic carbocycles. The van der Waals surface area contributed by atoms with Crippen LogP contribution in [0.1, 0.15) is 76.7 Å². The Morgan fingerprint density at radius 1 is 1.11 bits per heavy atom. The van der Waals surface area contributed by atoms with Gasteiger partial charge in [0.1, 0.15) is 0 Å². The van der Waals surface area contributed by atoms with E-state index in [0.717, 1.165) is 27.6 Å². The number of aryl methyl sites for hydroxylation is 1. The van der Waals surface area contributed by atoms with E-state index in [2.05, 4.69) is 9.88 Å². The summed E-state index contributed by atoms with van der Waals surface area (Å²) in [5.41, 5.74) is 3.96. The van der Waals surface area contributed by atoms with Crippen molar-refractivity contribution in [1.29, 1.82) is 0 Å². The Hall–Kier alpha value is -2.87. The molecule has 6 rings (SSSR count). The number of rotatable bonds is 5. The summed E-state index contributed by atoms with van der Waals surface area (Å²) in [6.45, 7) is 2.91. The summed E-state index contributed by atoms with van der Waals surface area (Å²) >= 11 is 0. The summed E-state index contributed by atoms with van der Waals surface area (Å²) in [5, 5.41) is 10.2. The van der Waals surface area contributed by atoms with Crippen LogP contribution in [0.5, 0.6) is 0 Å². The standard InChI is InChI=1S/C28H28F4N2O2/c1-16-10-20(22-11-28(22,31)32)21(19-6-8-33-24(16)19)13-34-9-7-26(14-27(29,30)15-26)12-23(34)17-2-4-18(5-3-17)25(35)36/h2-6,8,10,22-23,33H,7,9,11-15H2,1H3,(H,35,36)/t22?,23-/m0/s1. The van der Waals surface area contributed by atoms with Crippen LogP contribution in [0, 0.1) is 12.3 Å². The fourth-order valence-electron chi connectivity index (χ4n) is 6.65. The molecule has 8 heteroatoms. The van der Waals surface area contributed by atoms with Gasteiger partial charge in [-0.15, -0.1) is 0 Å². The normalized spacial score (nSPS) is 26.1. The topological polar surface area (TPSA) is 56.3 Å². The molecule has 1 saturated heterocycles. The van der Waals surface area contributed by atoms with Crippen LogP contribution in [0.15, 0.2) is 42.6 Å². The van der Waals surface area contributed by atoms with E-state index < -0.39 is 29.1 Å². The lowest BCUT2D eigenvalue weighted by Gasteiger charge is -2.54. The van der Waals surface area contributed by atoms with Gasteiger partial charge in [-0.05, 0) is 72.2 Å². The molecule has 3 aliphatic rings. The molecule has 2 N–H and O–H groups in total. The number of fused-ring (bicyclic) bond motifs is 1. The Bertz CT molecular complexity index is 1340. The van der Waals surface area contributed by atoms with Gasteiger partial charge in [-0.1, -0.05) is 18.2 Å². The Balaban J connectivity index is 1.38. The number of piperidine rings is 1. The number of aromatic carboxylic acids is 1. The zero-order valence-electron chi connectivity index (χ0n) is 20.0. The second-order valence-corrected chi connectivity index (χ2v) is 11.1. The van der Waals surface area contributed by atoms with Crippen molar-refractivity contribution in [3.05, 3.63) is 70.4 Å². The quantitative estimate of drug-likeness (QED) is 0.369. The number of carboxylic acids is 1. The Morgan fingerprint density at radius 2 is 1.81 bits per heavy atom. The summed E-state index contributed by atoms with van der Waals surface area (Å²) in [6.07, 6.45) is 2.55. The van der Waals surface area contributed by atoms with Crippen molar-refractivity contribution in [2.24, 2.45) is 5.41 Å². The molecule has 1 unspecified atom stereocenters. The van der Waals surface area contributed by atoms with Crippen LogP contribution in [0.2, 0.25) is 0 Å². The Labute approximate surface area is 206 Å². The van der Waals surface area contributed by atoms with Crippen molar-refractivity contribution in [3.8, 4) is 0 Å². The summed E-state index contributed by atoms with van der Waals surface area (Å²) in [4.78, 5) is 16.8. The summed E-state index contributed by atoms with van der Waals surface area (Å²) < 4.78 is 56.3. The average molecular weight is 501 g/mol. The minimum Gasteiger partial charge on any atom is -0.478 e.